The minimum atomic E-state index is -0.838. The minimum absolute atomic E-state index is 0.138. The lowest BCUT2D eigenvalue weighted by atomic mass is 10.2. The number of rotatable bonds is 7. The number of carbonyl (C=O) groups is 3. The van der Waals surface area contributed by atoms with Crippen molar-refractivity contribution in [3.8, 4) is 0 Å². The maximum absolute atomic E-state index is 12.7. The highest BCUT2D eigenvalue weighted by Crippen LogP contribution is 2.16. The second-order valence-corrected chi connectivity index (χ2v) is 6.68. The van der Waals surface area contributed by atoms with Crippen molar-refractivity contribution in [1.82, 2.24) is 9.13 Å². The van der Waals surface area contributed by atoms with Crippen molar-refractivity contribution in [1.29, 1.82) is 0 Å². The number of nitrogens with zero attached hydrogens (tertiary/aromatic N) is 2. The first kappa shape index (κ1) is 22.5. The minimum Gasteiger partial charge on any atom is -0.465 e. The highest BCUT2D eigenvalue weighted by Gasteiger charge is 2.17. The molecule has 0 spiro atoms. The Kier molecular flexibility index (Phi) is 6.83. The van der Waals surface area contributed by atoms with Crippen LogP contribution >= 0.6 is 0 Å². The lowest BCUT2D eigenvalue weighted by Gasteiger charge is -2.13. The zero-order valence-corrected chi connectivity index (χ0v) is 17.5. The van der Waals surface area contributed by atoms with Gasteiger partial charge in [0.25, 0.3) is 11.5 Å². The van der Waals surface area contributed by atoms with Crippen molar-refractivity contribution >= 4 is 34.4 Å². The van der Waals surface area contributed by atoms with Gasteiger partial charge in [0.15, 0.2) is 6.61 Å². The van der Waals surface area contributed by atoms with Crippen molar-refractivity contribution in [3.63, 3.8) is 0 Å². The third kappa shape index (κ3) is 4.59. The van der Waals surface area contributed by atoms with Gasteiger partial charge in [-0.25, -0.2) is 9.59 Å². The zero-order valence-electron chi connectivity index (χ0n) is 17.5. The lowest BCUT2D eigenvalue weighted by Crippen LogP contribution is -2.41. The molecule has 1 aromatic heterocycles. The summed E-state index contributed by atoms with van der Waals surface area (Å²) in [6.07, 6.45) is 0. The van der Waals surface area contributed by atoms with E-state index in [1.165, 1.54) is 19.2 Å². The van der Waals surface area contributed by atoms with E-state index in [0.717, 1.165) is 9.13 Å². The molecule has 0 aliphatic heterocycles. The van der Waals surface area contributed by atoms with Crippen molar-refractivity contribution in [2.45, 2.75) is 20.0 Å². The fourth-order valence-electron chi connectivity index (χ4n) is 3.19. The van der Waals surface area contributed by atoms with Gasteiger partial charge in [-0.1, -0.05) is 24.3 Å². The molecule has 0 unspecified atom stereocenters. The van der Waals surface area contributed by atoms with Crippen LogP contribution in [0.25, 0.3) is 10.9 Å². The van der Waals surface area contributed by atoms with E-state index in [2.05, 4.69) is 10.1 Å². The fourth-order valence-corrected chi connectivity index (χ4v) is 3.19. The molecule has 1 N–H and O–H groups in total. The number of nitrogens with one attached hydrogen (secondary N) is 1. The van der Waals surface area contributed by atoms with Crippen molar-refractivity contribution in [3.05, 3.63) is 74.9 Å². The van der Waals surface area contributed by atoms with Crippen LogP contribution in [0.1, 0.15) is 17.3 Å². The number of anilines is 1. The summed E-state index contributed by atoms with van der Waals surface area (Å²) in [5.74, 6) is -2.14. The summed E-state index contributed by atoms with van der Waals surface area (Å²) in [6.45, 7) is 0.677. The number of carbonyl (C=O) groups excluding carboxylic acids is 3. The van der Waals surface area contributed by atoms with Gasteiger partial charge in [0, 0.05) is 6.54 Å². The Morgan fingerprint density at radius 2 is 1.66 bits per heavy atom. The van der Waals surface area contributed by atoms with Crippen molar-refractivity contribution in [2.75, 3.05) is 19.0 Å². The highest BCUT2D eigenvalue weighted by molar-refractivity contribution is 6.01. The molecule has 10 nitrogen and oxygen atoms in total. The standard InChI is InChI=1S/C22H21N3O7/c1-3-24-20(28)15-9-5-7-11-17(15)25(22(24)30)12-19(27)32-13-18(26)23-16-10-6-4-8-14(16)21(29)31-2/h4-11H,3,12-13H2,1-2H3,(H,23,26). The molecule has 10 heteroatoms. The molecule has 0 radical (unpaired) electrons. The van der Waals surface area contributed by atoms with Crippen LogP contribution in [-0.2, 0) is 32.2 Å². The molecular formula is C22H21N3O7. The molecule has 32 heavy (non-hydrogen) atoms. The molecule has 0 atom stereocenters. The van der Waals surface area contributed by atoms with Crippen molar-refractivity contribution in [2.24, 2.45) is 0 Å². The van der Waals surface area contributed by atoms with Crippen LogP contribution in [0.15, 0.2) is 58.1 Å². The zero-order chi connectivity index (χ0) is 23.3. The number of hydrogen-bond acceptors (Lipinski definition) is 7. The van der Waals surface area contributed by atoms with E-state index in [-0.39, 0.29) is 17.8 Å². The fraction of sp³-hybridized carbons (Fsp3) is 0.227. The summed E-state index contributed by atoms with van der Waals surface area (Å²) in [4.78, 5) is 61.5. The van der Waals surface area contributed by atoms with Crippen LogP contribution in [0.5, 0.6) is 0 Å². The van der Waals surface area contributed by atoms with Gasteiger partial charge in [-0.3, -0.25) is 23.5 Å². The summed E-state index contributed by atoms with van der Waals surface area (Å²) in [7, 11) is 1.22. The summed E-state index contributed by atoms with van der Waals surface area (Å²) in [5.41, 5.74) is -0.446. The molecule has 3 rings (SSSR count). The van der Waals surface area contributed by atoms with Crippen LogP contribution in [-0.4, -0.2) is 40.7 Å². The lowest BCUT2D eigenvalue weighted by molar-refractivity contribution is -0.147. The first-order valence-electron chi connectivity index (χ1n) is 9.72. The first-order chi connectivity index (χ1) is 15.4. The Balaban J connectivity index is 1.73. The largest absolute Gasteiger partial charge is 0.465 e. The quantitative estimate of drug-likeness (QED) is 0.548. The van der Waals surface area contributed by atoms with Crippen LogP contribution < -0.4 is 16.6 Å². The second-order valence-electron chi connectivity index (χ2n) is 6.68. The monoisotopic (exact) mass is 439 g/mol. The number of benzene rings is 2. The van der Waals surface area contributed by atoms with Gasteiger partial charge in [0.2, 0.25) is 0 Å². The van der Waals surface area contributed by atoms with E-state index in [1.807, 2.05) is 0 Å². The van der Waals surface area contributed by atoms with Gasteiger partial charge in [0.1, 0.15) is 6.54 Å². The molecule has 0 saturated heterocycles. The van der Waals surface area contributed by atoms with Gasteiger partial charge in [0.05, 0.1) is 29.3 Å². The maximum atomic E-state index is 12.7. The Morgan fingerprint density at radius 1 is 0.969 bits per heavy atom. The van der Waals surface area contributed by atoms with Crippen molar-refractivity contribution < 1.29 is 23.9 Å². The van der Waals surface area contributed by atoms with Gasteiger partial charge >= 0.3 is 17.6 Å². The van der Waals surface area contributed by atoms with Gasteiger partial charge in [-0.15, -0.1) is 0 Å². The van der Waals surface area contributed by atoms with E-state index in [1.54, 1.807) is 43.3 Å². The SMILES string of the molecule is CCn1c(=O)c2ccccc2n(CC(=O)OCC(=O)Nc2ccccc2C(=O)OC)c1=O. The summed E-state index contributed by atoms with van der Waals surface area (Å²) >= 11 is 0. The second kappa shape index (κ2) is 9.73. The Morgan fingerprint density at radius 3 is 2.38 bits per heavy atom. The molecule has 0 fully saturated rings. The highest BCUT2D eigenvalue weighted by atomic mass is 16.5. The molecule has 0 aliphatic carbocycles. The molecule has 0 aliphatic rings. The summed E-state index contributed by atoms with van der Waals surface area (Å²) in [5, 5.41) is 2.77. The summed E-state index contributed by atoms with van der Waals surface area (Å²) < 4.78 is 11.8. The van der Waals surface area contributed by atoms with Gasteiger partial charge < -0.3 is 14.8 Å². The Hall–Kier alpha value is -4.21. The number of aromatic nitrogens is 2. The Labute approximate surface area is 182 Å². The smallest absolute Gasteiger partial charge is 0.339 e. The Bertz CT molecular complexity index is 1310. The molecule has 1 heterocycles. The van der Waals surface area contributed by atoms with Crippen LogP contribution in [0.4, 0.5) is 5.69 Å². The first-order valence-corrected chi connectivity index (χ1v) is 9.72. The number of esters is 2. The average molecular weight is 439 g/mol. The van der Waals surface area contributed by atoms with E-state index < -0.39 is 42.2 Å². The third-order valence-corrected chi connectivity index (χ3v) is 4.71. The van der Waals surface area contributed by atoms with E-state index in [0.29, 0.717) is 10.9 Å². The van der Waals surface area contributed by atoms with Crippen LogP contribution in [0.2, 0.25) is 0 Å². The predicted octanol–water partition coefficient (Wildman–Crippen LogP) is 1.15. The molecule has 3 aromatic rings. The number of amides is 1. The molecule has 1 amide bonds. The van der Waals surface area contributed by atoms with Crippen LogP contribution in [0.3, 0.4) is 0 Å². The molecule has 0 saturated carbocycles. The van der Waals surface area contributed by atoms with E-state index in [4.69, 9.17) is 4.74 Å². The normalized spacial score (nSPS) is 10.6. The number of fused-ring (bicyclic) bond motifs is 1. The molecule has 166 valence electrons. The summed E-state index contributed by atoms with van der Waals surface area (Å²) in [6, 6.07) is 12.6. The topological polar surface area (TPSA) is 126 Å². The number of ether oxygens (including phenoxy) is 2. The number of methoxy groups -OCH3 is 1. The van der Waals surface area contributed by atoms with E-state index in [9.17, 15) is 24.0 Å². The van der Waals surface area contributed by atoms with Gasteiger partial charge in [-0.05, 0) is 31.2 Å². The van der Waals surface area contributed by atoms with E-state index >= 15 is 0 Å². The molecule has 0 bridgehead atoms. The molecule has 2 aromatic carbocycles. The third-order valence-electron chi connectivity index (χ3n) is 4.71. The number of hydrogen-bond donors (Lipinski definition) is 1. The average Bonchev–Trinajstić information content (AvgIpc) is 2.80. The predicted molar refractivity (Wildman–Crippen MR) is 116 cm³/mol. The maximum Gasteiger partial charge on any atom is 0.339 e. The number of para-hydroxylation sites is 2. The molecular weight excluding hydrogens is 418 g/mol. The van der Waals surface area contributed by atoms with Crippen LogP contribution in [0, 0.1) is 0 Å². The van der Waals surface area contributed by atoms with Gasteiger partial charge in [-0.2, -0.15) is 0 Å².